The molecule has 2 atom stereocenters. The van der Waals surface area contributed by atoms with Crippen LogP contribution in [0.2, 0.25) is 0 Å². The van der Waals surface area contributed by atoms with Crippen molar-refractivity contribution in [3.8, 4) is 0 Å². The normalized spacial score (nSPS) is 14.4. The van der Waals surface area contributed by atoms with Gasteiger partial charge in [0.15, 0.2) is 5.78 Å². The van der Waals surface area contributed by atoms with E-state index in [1.54, 1.807) is 0 Å². The lowest BCUT2D eigenvalue weighted by Gasteiger charge is -2.19. The zero-order chi connectivity index (χ0) is 24.5. The molecule has 0 aliphatic rings. The van der Waals surface area contributed by atoms with E-state index in [4.69, 9.17) is 0 Å². The molecule has 9 heteroatoms. The van der Waals surface area contributed by atoms with E-state index >= 15 is 0 Å². The van der Waals surface area contributed by atoms with Crippen LogP contribution in [0.1, 0.15) is 129 Å². The van der Waals surface area contributed by atoms with Gasteiger partial charge in [-0.3, -0.25) is 13.9 Å². The zero-order valence-electron chi connectivity index (χ0n) is 20.1. The summed E-state index contributed by atoms with van der Waals surface area (Å²) in [6, 6.07) is 0. The van der Waals surface area contributed by atoms with Gasteiger partial charge in [0, 0.05) is 0 Å². The molecule has 0 bridgehead atoms. The smallest absolute Gasteiger partial charge is 0.275 e. The van der Waals surface area contributed by atoms with E-state index in [-0.39, 0.29) is 12.8 Å². The highest BCUT2D eigenvalue weighted by atomic mass is 32.2. The van der Waals surface area contributed by atoms with Gasteiger partial charge < -0.3 is 0 Å². The van der Waals surface area contributed by atoms with Crippen molar-refractivity contribution in [2.24, 2.45) is 0 Å². The number of carbonyl (C=O) groups excluding carboxylic acids is 1. The van der Waals surface area contributed by atoms with Gasteiger partial charge in [-0.05, 0) is 12.8 Å². The molecule has 2 N–H and O–H groups in total. The van der Waals surface area contributed by atoms with Gasteiger partial charge >= 0.3 is 0 Å². The van der Waals surface area contributed by atoms with Crippen LogP contribution in [0.25, 0.3) is 0 Å². The fourth-order valence-electron chi connectivity index (χ4n) is 4.01. The maximum Gasteiger partial charge on any atom is 0.275 e. The third kappa shape index (κ3) is 15.3. The van der Waals surface area contributed by atoms with Crippen molar-refractivity contribution in [1.29, 1.82) is 0 Å². The highest BCUT2D eigenvalue weighted by Gasteiger charge is 2.40. The Morgan fingerprint density at radius 2 is 0.781 bits per heavy atom. The van der Waals surface area contributed by atoms with Crippen molar-refractivity contribution in [3.05, 3.63) is 0 Å². The summed E-state index contributed by atoms with van der Waals surface area (Å²) in [5.41, 5.74) is 0. The maximum absolute atomic E-state index is 12.7. The third-order valence-electron chi connectivity index (χ3n) is 5.99. The lowest BCUT2D eigenvalue weighted by atomic mass is 10.0. The van der Waals surface area contributed by atoms with E-state index in [0.29, 0.717) is 25.7 Å². The highest BCUT2D eigenvalue weighted by Crippen LogP contribution is 2.21. The molecule has 0 aliphatic heterocycles. The minimum Gasteiger partial charge on any atom is -0.297 e. The number of unbranched alkanes of at least 4 members (excludes halogenated alkanes) is 14. The average Bonchev–Trinajstić information content (AvgIpc) is 2.69. The topological polar surface area (TPSA) is 126 Å². The number of ketones is 1. The first kappa shape index (κ1) is 31.5. The van der Waals surface area contributed by atoms with Gasteiger partial charge in [-0.1, -0.05) is 117 Å². The van der Waals surface area contributed by atoms with E-state index in [9.17, 15) is 30.7 Å². The number of carbonyl (C=O) groups is 1. The lowest BCUT2D eigenvalue weighted by molar-refractivity contribution is -0.118. The van der Waals surface area contributed by atoms with Crippen LogP contribution in [0.3, 0.4) is 0 Å². The molecule has 0 heterocycles. The van der Waals surface area contributed by atoms with Gasteiger partial charge in [-0.25, -0.2) is 0 Å². The predicted octanol–water partition coefficient (Wildman–Crippen LogP) is 6.13. The van der Waals surface area contributed by atoms with E-state index < -0.39 is 36.5 Å². The molecule has 0 amide bonds. The number of hydrogen-bond acceptors (Lipinski definition) is 5. The lowest BCUT2D eigenvalue weighted by Crippen LogP contribution is -2.41. The fraction of sp³-hybridized carbons (Fsp3) is 0.957. The summed E-state index contributed by atoms with van der Waals surface area (Å²) in [4.78, 5) is 12.7. The van der Waals surface area contributed by atoms with Crippen molar-refractivity contribution in [1.82, 2.24) is 0 Å². The molecule has 0 fully saturated rings. The first-order chi connectivity index (χ1) is 15.1. The van der Waals surface area contributed by atoms with E-state index in [0.717, 1.165) is 64.2 Å². The Bertz CT molecular complexity index is 629. The van der Waals surface area contributed by atoms with Gasteiger partial charge in [0.25, 0.3) is 20.2 Å². The van der Waals surface area contributed by atoms with Gasteiger partial charge in [-0.15, -0.1) is 0 Å². The third-order valence-corrected chi connectivity index (χ3v) is 8.37. The first-order valence-corrected chi connectivity index (χ1v) is 15.5. The van der Waals surface area contributed by atoms with E-state index in [1.807, 2.05) is 0 Å². The van der Waals surface area contributed by atoms with Crippen molar-refractivity contribution < 1.29 is 30.7 Å². The molecule has 0 radical (unpaired) electrons. The summed E-state index contributed by atoms with van der Waals surface area (Å²) in [5, 5.41) is -3.60. The van der Waals surface area contributed by atoms with Crippen LogP contribution < -0.4 is 0 Å². The Kier molecular flexibility index (Phi) is 17.6. The molecule has 0 saturated carbocycles. The summed E-state index contributed by atoms with van der Waals surface area (Å²) < 4.78 is 66.3. The van der Waals surface area contributed by atoms with Crippen molar-refractivity contribution in [2.75, 3.05) is 0 Å². The second-order valence-corrected chi connectivity index (χ2v) is 12.1. The summed E-state index contributed by atoms with van der Waals surface area (Å²) in [6.45, 7) is 4.28. The summed E-state index contributed by atoms with van der Waals surface area (Å²) >= 11 is 0. The summed E-state index contributed by atoms with van der Waals surface area (Å²) in [5.74, 6) is -1.11. The van der Waals surface area contributed by atoms with Crippen LogP contribution in [0, 0.1) is 0 Å². The summed E-state index contributed by atoms with van der Waals surface area (Å²) in [7, 11) is -9.49. The number of Topliss-reactive ketones (excluding diaryl/α,β-unsaturated/α-hetero) is 1. The molecule has 0 aromatic rings. The van der Waals surface area contributed by atoms with Crippen LogP contribution in [0.4, 0.5) is 0 Å². The molecule has 32 heavy (non-hydrogen) atoms. The zero-order valence-corrected chi connectivity index (χ0v) is 21.8. The Morgan fingerprint density at radius 3 is 1.03 bits per heavy atom. The highest BCUT2D eigenvalue weighted by molar-refractivity contribution is 7.89. The minimum absolute atomic E-state index is 0.129. The van der Waals surface area contributed by atoms with Crippen LogP contribution >= 0.6 is 0 Å². The second kappa shape index (κ2) is 17.9. The minimum atomic E-state index is -4.75. The van der Waals surface area contributed by atoms with E-state index in [2.05, 4.69) is 13.8 Å². The second-order valence-electron chi connectivity index (χ2n) is 8.94. The standard InChI is InChI=1S/C23H46O7S2/c1-3-5-7-9-11-13-15-17-19-21(31(25,26)27)23(24)22(32(28,29)30)20-18-16-14-12-10-8-6-4-2/h21-22H,3-20H2,1-2H3,(H,25,26,27)(H,28,29,30). The summed E-state index contributed by atoms with van der Waals surface area (Å²) in [6.07, 6.45) is 15.1. The van der Waals surface area contributed by atoms with Crippen LogP contribution in [-0.2, 0) is 25.0 Å². The largest absolute Gasteiger partial charge is 0.297 e. The first-order valence-electron chi connectivity index (χ1n) is 12.5. The molecule has 2 unspecified atom stereocenters. The SMILES string of the molecule is CCCCCCCCCCC(C(=O)C(CCCCCCCCCC)S(=O)(=O)O)S(=O)(=O)O. The molecular formula is C23H46O7S2. The van der Waals surface area contributed by atoms with Crippen LogP contribution in [-0.4, -0.2) is 42.2 Å². The molecule has 0 aromatic heterocycles. The maximum atomic E-state index is 12.7. The van der Waals surface area contributed by atoms with Crippen molar-refractivity contribution in [2.45, 2.75) is 140 Å². The van der Waals surface area contributed by atoms with Crippen LogP contribution in [0.5, 0.6) is 0 Å². The van der Waals surface area contributed by atoms with Crippen molar-refractivity contribution >= 4 is 26.0 Å². The Morgan fingerprint density at radius 1 is 0.531 bits per heavy atom. The molecule has 7 nitrogen and oxygen atoms in total. The monoisotopic (exact) mass is 498 g/mol. The molecule has 0 rings (SSSR count). The average molecular weight is 499 g/mol. The van der Waals surface area contributed by atoms with Crippen LogP contribution in [0.15, 0.2) is 0 Å². The Labute approximate surface area is 196 Å². The van der Waals surface area contributed by atoms with E-state index in [1.165, 1.54) is 12.8 Å². The quantitative estimate of drug-likeness (QED) is 0.136. The Hall–Kier alpha value is -0.510. The van der Waals surface area contributed by atoms with Gasteiger partial charge in [0.05, 0.1) is 0 Å². The number of hydrogen-bond donors (Lipinski definition) is 2. The van der Waals surface area contributed by atoms with Gasteiger partial charge in [-0.2, -0.15) is 16.8 Å². The molecule has 192 valence electrons. The van der Waals surface area contributed by atoms with Crippen molar-refractivity contribution in [3.63, 3.8) is 0 Å². The Balaban J connectivity index is 4.68. The molecular weight excluding hydrogens is 452 g/mol. The molecule has 0 aromatic carbocycles. The predicted molar refractivity (Wildman–Crippen MR) is 130 cm³/mol. The fourth-order valence-corrected chi connectivity index (χ4v) is 5.94. The molecule has 0 aliphatic carbocycles. The van der Waals surface area contributed by atoms with Gasteiger partial charge in [0.2, 0.25) is 0 Å². The molecule has 0 saturated heterocycles. The molecule has 0 spiro atoms. The number of rotatable bonds is 22. The van der Waals surface area contributed by atoms with Gasteiger partial charge in [0.1, 0.15) is 10.5 Å².